The summed E-state index contributed by atoms with van der Waals surface area (Å²) in [5.41, 5.74) is 2.10. The van der Waals surface area contributed by atoms with Gasteiger partial charge in [-0.1, -0.05) is 11.6 Å². The van der Waals surface area contributed by atoms with Crippen molar-refractivity contribution in [2.75, 3.05) is 13.2 Å². The van der Waals surface area contributed by atoms with Crippen LogP contribution in [0, 0.1) is 12.8 Å². The normalized spacial score (nSPS) is 24.5. The summed E-state index contributed by atoms with van der Waals surface area (Å²) in [6.45, 7) is 6.78. The molecule has 1 aromatic heterocycles. The number of nitrogens with one attached hydrogen (secondary N) is 1. The van der Waals surface area contributed by atoms with E-state index in [2.05, 4.69) is 17.3 Å². The highest BCUT2D eigenvalue weighted by Gasteiger charge is 2.23. The maximum absolute atomic E-state index is 6.17. The lowest BCUT2D eigenvalue weighted by molar-refractivity contribution is 0.105. The highest BCUT2D eigenvalue weighted by Crippen LogP contribution is 2.21. The Kier molecular flexibility index (Phi) is 4.07. The van der Waals surface area contributed by atoms with E-state index in [-0.39, 0.29) is 0 Å². The maximum Gasteiger partial charge on any atom is 0.131 e. The van der Waals surface area contributed by atoms with E-state index >= 15 is 0 Å². The number of hydrogen-bond acceptors (Lipinski definition) is 3. The Labute approximate surface area is 107 Å². The molecule has 0 spiro atoms. The van der Waals surface area contributed by atoms with Crippen molar-refractivity contribution in [2.45, 2.75) is 32.9 Å². The highest BCUT2D eigenvalue weighted by atomic mass is 35.5. The Bertz CT molecular complexity index is 391. The summed E-state index contributed by atoms with van der Waals surface area (Å²) in [6, 6.07) is 0. The molecule has 2 rings (SSSR count). The summed E-state index contributed by atoms with van der Waals surface area (Å²) >= 11 is 6.17. The Balaban J connectivity index is 1.85. The van der Waals surface area contributed by atoms with E-state index < -0.39 is 0 Å². The van der Waals surface area contributed by atoms with Gasteiger partial charge < -0.3 is 10.1 Å². The zero-order valence-corrected chi connectivity index (χ0v) is 11.4. The lowest BCUT2D eigenvalue weighted by atomic mass is 10.0. The number of ether oxygens (including phenoxy) is 1. The first kappa shape index (κ1) is 12.9. The zero-order chi connectivity index (χ0) is 12.4. The smallest absolute Gasteiger partial charge is 0.131 e. The van der Waals surface area contributed by atoms with Crippen LogP contribution in [0.4, 0.5) is 0 Å². The van der Waals surface area contributed by atoms with Crippen LogP contribution in [-0.2, 0) is 18.3 Å². The van der Waals surface area contributed by atoms with E-state index in [1.54, 1.807) is 4.68 Å². The largest absolute Gasteiger partial charge is 0.378 e. The molecule has 1 aliphatic heterocycles. The topological polar surface area (TPSA) is 39.1 Å². The molecule has 1 N–H and O–H groups in total. The SMILES string of the molecule is Cc1nn(C)c(Cl)c1CNCC1CCOC1C. The van der Waals surface area contributed by atoms with E-state index in [1.165, 1.54) is 0 Å². The molecule has 2 heterocycles. The summed E-state index contributed by atoms with van der Waals surface area (Å²) in [4.78, 5) is 0. The van der Waals surface area contributed by atoms with Crippen LogP contribution in [0.15, 0.2) is 0 Å². The van der Waals surface area contributed by atoms with Crippen molar-refractivity contribution in [3.8, 4) is 0 Å². The Morgan fingerprint density at radius 3 is 2.88 bits per heavy atom. The van der Waals surface area contributed by atoms with Gasteiger partial charge in [0.1, 0.15) is 5.15 Å². The standard InChI is InChI=1S/C12H20ClN3O/c1-8-11(12(13)16(3)15-8)7-14-6-10-4-5-17-9(10)2/h9-10,14H,4-7H2,1-3H3. The Morgan fingerprint density at radius 1 is 1.59 bits per heavy atom. The first-order chi connectivity index (χ1) is 8.09. The van der Waals surface area contributed by atoms with Crippen molar-refractivity contribution in [1.29, 1.82) is 0 Å². The number of aromatic nitrogens is 2. The predicted molar refractivity (Wildman–Crippen MR) is 68.2 cm³/mol. The molecular weight excluding hydrogens is 238 g/mol. The van der Waals surface area contributed by atoms with Crippen LogP contribution in [0.3, 0.4) is 0 Å². The number of aryl methyl sites for hydroxylation is 2. The van der Waals surface area contributed by atoms with Gasteiger partial charge in [0.2, 0.25) is 0 Å². The second kappa shape index (κ2) is 5.38. The van der Waals surface area contributed by atoms with Crippen LogP contribution in [0.2, 0.25) is 5.15 Å². The molecule has 4 nitrogen and oxygen atoms in total. The van der Waals surface area contributed by atoms with Crippen molar-refractivity contribution in [3.63, 3.8) is 0 Å². The highest BCUT2D eigenvalue weighted by molar-refractivity contribution is 6.30. The van der Waals surface area contributed by atoms with Crippen LogP contribution < -0.4 is 5.32 Å². The lowest BCUT2D eigenvalue weighted by Gasteiger charge is -2.14. The van der Waals surface area contributed by atoms with Crippen LogP contribution in [0.1, 0.15) is 24.6 Å². The number of halogens is 1. The minimum absolute atomic E-state index is 0.368. The van der Waals surface area contributed by atoms with Crippen molar-refractivity contribution in [3.05, 3.63) is 16.4 Å². The van der Waals surface area contributed by atoms with Crippen LogP contribution in [-0.4, -0.2) is 29.0 Å². The summed E-state index contributed by atoms with van der Waals surface area (Å²) in [7, 11) is 1.87. The van der Waals surface area contributed by atoms with Gasteiger partial charge in [0.15, 0.2) is 0 Å². The van der Waals surface area contributed by atoms with Gasteiger partial charge in [-0.15, -0.1) is 0 Å². The zero-order valence-electron chi connectivity index (χ0n) is 10.7. The molecule has 0 radical (unpaired) electrons. The van der Waals surface area contributed by atoms with Gasteiger partial charge in [0.25, 0.3) is 0 Å². The summed E-state index contributed by atoms with van der Waals surface area (Å²) in [6.07, 6.45) is 1.52. The summed E-state index contributed by atoms with van der Waals surface area (Å²) < 4.78 is 7.25. The Morgan fingerprint density at radius 2 is 2.35 bits per heavy atom. The first-order valence-corrected chi connectivity index (χ1v) is 6.47. The van der Waals surface area contributed by atoms with Crippen molar-refractivity contribution in [2.24, 2.45) is 13.0 Å². The summed E-state index contributed by atoms with van der Waals surface area (Å²) in [5, 5.41) is 8.47. The molecule has 1 saturated heterocycles. The van der Waals surface area contributed by atoms with Crippen LogP contribution in [0.5, 0.6) is 0 Å². The minimum atomic E-state index is 0.368. The molecule has 1 fully saturated rings. The van der Waals surface area contributed by atoms with E-state index in [9.17, 15) is 0 Å². The third-order valence-corrected chi connectivity index (χ3v) is 3.98. The molecule has 2 atom stereocenters. The first-order valence-electron chi connectivity index (χ1n) is 6.10. The van der Waals surface area contributed by atoms with Gasteiger partial charge >= 0.3 is 0 Å². The fourth-order valence-corrected chi connectivity index (χ4v) is 2.54. The van der Waals surface area contributed by atoms with E-state index in [0.717, 1.165) is 42.5 Å². The van der Waals surface area contributed by atoms with Gasteiger partial charge in [-0.2, -0.15) is 5.10 Å². The van der Waals surface area contributed by atoms with E-state index in [0.29, 0.717) is 12.0 Å². The molecule has 0 amide bonds. The molecule has 5 heteroatoms. The molecule has 0 aliphatic carbocycles. The van der Waals surface area contributed by atoms with Crippen molar-refractivity contribution in [1.82, 2.24) is 15.1 Å². The third kappa shape index (κ3) is 2.81. The molecule has 96 valence electrons. The molecule has 0 bridgehead atoms. The lowest BCUT2D eigenvalue weighted by Crippen LogP contribution is -2.26. The predicted octanol–water partition coefficient (Wildman–Crippen LogP) is 1.90. The van der Waals surface area contributed by atoms with E-state index in [1.807, 2.05) is 14.0 Å². The van der Waals surface area contributed by atoms with Crippen molar-refractivity contribution < 1.29 is 4.74 Å². The molecular formula is C12H20ClN3O. The van der Waals surface area contributed by atoms with Gasteiger partial charge in [-0.3, -0.25) is 4.68 Å². The maximum atomic E-state index is 6.17. The quantitative estimate of drug-likeness (QED) is 0.896. The molecule has 0 aromatic carbocycles. The molecule has 0 saturated carbocycles. The monoisotopic (exact) mass is 257 g/mol. The van der Waals surface area contributed by atoms with Gasteiger partial charge in [-0.25, -0.2) is 0 Å². The number of rotatable bonds is 4. The van der Waals surface area contributed by atoms with Crippen LogP contribution >= 0.6 is 11.6 Å². The van der Waals surface area contributed by atoms with Gasteiger partial charge in [0.05, 0.1) is 11.8 Å². The fraction of sp³-hybridized carbons (Fsp3) is 0.750. The molecule has 17 heavy (non-hydrogen) atoms. The van der Waals surface area contributed by atoms with Crippen LogP contribution in [0.25, 0.3) is 0 Å². The van der Waals surface area contributed by atoms with Gasteiger partial charge in [-0.05, 0) is 26.2 Å². The molecule has 1 aromatic rings. The van der Waals surface area contributed by atoms with E-state index in [4.69, 9.17) is 16.3 Å². The fourth-order valence-electron chi connectivity index (χ4n) is 2.30. The number of nitrogens with zero attached hydrogens (tertiary/aromatic N) is 2. The van der Waals surface area contributed by atoms with Crippen molar-refractivity contribution >= 4 is 11.6 Å². The minimum Gasteiger partial charge on any atom is -0.378 e. The Hall–Kier alpha value is -0.580. The third-order valence-electron chi connectivity index (χ3n) is 3.51. The average molecular weight is 258 g/mol. The second-order valence-electron chi connectivity index (χ2n) is 4.73. The molecule has 2 unspecified atom stereocenters. The molecule has 1 aliphatic rings. The summed E-state index contributed by atoms with van der Waals surface area (Å²) in [5.74, 6) is 0.616. The number of hydrogen-bond donors (Lipinski definition) is 1. The average Bonchev–Trinajstić information content (AvgIpc) is 2.78. The second-order valence-corrected chi connectivity index (χ2v) is 5.09. The van der Waals surface area contributed by atoms with Gasteiger partial charge in [0, 0.05) is 32.3 Å².